The number of likely N-dealkylation sites (N-methyl/N-ethyl adjacent to an activating group) is 1. The van der Waals surface area contributed by atoms with Gasteiger partial charge in [0.1, 0.15) is 5.75 Å². The van der Waals surface area contributed by atoms with E-state index < -0.39 is 0 Å². The maximum Gasteiger partial charge on any atom is 0.238 e. The summed E-state index contributed by atoms with van der Waals surface area (Å²) < 4.78 is 5.18. The zero-order valence-electron chi connectivity index (χ0n) is 16.3. The maximum atomic E-state index is 12.3. The van der Waals surface area contributed by atoms with E-state index in [0.717, 1.165) is 31.1 Å². The van der Waals surface area contributed by atoms with Crippen molar-refractivity contribution >= 4 is 17.3 Å². The van der Waals surface area contributed by atoms with Crippen LogP contribution in [0.4, 0.5) is 11.4 Å². The van der Waals surface area contributed by atoms with Crippen molar-refractivity contribution in [2.75, 3.05) is 44.0 Å². The molecule has 0 spiro atoms. The van der Waals surface area contributed by atoms with E-state index in [1.165, 1.54) is 30.5 Å². The number of hydrogen-bond acceptors (Lipinski definition) is 4. The SMILES string of the molecule is COc1cccc(NC(=O)CN(C)Cc2ccc(N3CCCCC3)cc2)c1. The molecule has 0 aliphatic carbocycles. The molecular weight excluding hydrogens is 338 g/mol. The largest absolute Gasteiger partial charge is 0.497 e. The average Bonchev–Trinajstić information content (AvgIpc) is 2.69. The molecule has 1 heterocycles. The Kier molecular flexibility index (Phi) is 6.71. The van der Waals surface area contributed by atoms with Crippen LogP contribution in [0.15, 0.2) is 48.5 Å². The molecule has 1 aliphatic rings. The average molecular weight is 367 g/mol. The van der Waals surface area contributed by atoms with Gasteiger partial charge in [-0.15, -0.1) is 0 Å². The van der Waals surface area contributed by atoms with Crippen LogP contribution in [-0.4, -0.2) is 44.6 Å². The number of nitrogens with zero attached hydrogens (tertiary/aromatic N) is 2. The minimum atomic E-state index is -0.0318. The number of ether oxygens (including phenoxy) is 1. The van der Waals surface area contributed by atoms with Gasteiger partial charge in [0.25, 0.3) is 0 Å². The predicted molar refractivity (Wildman–Crippen MR) is 110 cm³/mol. The Hall–Kier alpha value is -2.53. The van der Waals surface area contributed by atoms with Crippen molar-refractivity contribution in [3.05, 3.63) is 54.1 Å². The number of hydrogen-bond donors (Lipinski definition) is 1. The second kappa shape index (κ2) is 9.42. The van der Waals surface area contributed by atoms with Crippen LogP contribution in [0.1, 0.15) is 24.8 Å². The van der Waals surface area contributed by atoms with Crippen LogP contribution < -0.4 is 15.0 Å². The summed E-state index contributed by atoms with van der Waals surface area (Å²) in [6.07, 6.45) is 3.91. The summed E-state index contributed by atoms with van der Waals surface area (Å²) in [5.41, 5.74) is 3.27. The molecule has 0 radical (unpaired) electrons. The first-order valence-electron chi connectivity index (χ1n) is 9.60. The fourth-order valence-corrected chi connectivity index (χ4v) is 3.48. The summed E-state index contributed by atoms with van der Waals surface area (Å²) in [4.78, 5) is 16.7. The standard InChI is InChI=1S/C22H29N3O2/c1-24(17-22(26)23-19-7-6-8-21(15-19)27-2)16-18-9-11-20(12-10-18)25-13-4-3-5-14-25/h6-12,15H,3-5,13-14,16-17H2,1-2H3,(H,23,26). The van der Waals surface area contributed by atoms with Crippen LogP contribution in [0.2, 0.25) is 0 Å². The third kappa shape index (κ3) is 5.73. The van der Waals surface area contributed by atoms with Crippen molar-refractivity contribution in [3.63, 3.8) is 0 Å². The molecule has 5 nitrogen and oxygen atoms in total. The lowest BCUT2D eigenvalue weighted by Crippen LogP contribution is -2.30. The van der Waals surface area contributed by atoms with Crippen LogP contribution >= 0.6 is 0 Å². The molecule has 0 bridgehead atoms. The first-order chi connectivity index (χ1) is 13.1. The maximum absolute atomic E-state index is 12.3. The minimum absolute atomic E-state index is 0.0318. The van der Waals surface area contributed by atoms with Gasteiger partial charge in [-0.3, -0.25) is 9.69 Å². The smallest absolute Gasteiger partial charge is 0.238 e. The molecule has 1 aliphatic heterocycles. The van der Waals surface area contributed by atoms with Crippen molar-refractivity contribution in [1.82, 2.24) is 4.90 Å². The molecule has 1 saturated heterocycles. The summed E-state index contributed by atoms with van der Waals surface area (Å²) in [6, 6.07) is 16.1. The second-order valence-corrected chi connectivity index (χ2v) is 7.17. The highest BCUT2D eigenvalue weighted by atomic mass is 16.5. The molecule has 1 N–H and O–H groups in total. The van der Waals surface area contributed by atoms with E-state index in [1.54, 1.807) is 7.11 Å². The lowest BCUT2D eigenvalue weighted by molar-refractivity contribution is -0.117. The Morgan fingerprint density at radius 3 is 2.56 bits per heavy atom. The van der Waals surface area contributed by atoms with E-state index in [9.17, 15) is 4.79 Å². The first kappa shape index (κ1) is 19.2. The summed E-state index contributed by atoms with van der Waals surface area (Å²) >= 11 is 0. The van der Waals surface area contributed by atoms with Gasteiger partial charge in [-0.2, -0.15) is 0 Å². The number of carbonyl (C=O) groups is 1. The molecule has 0 unspecified atom stereocenters. The molecule has 144 valence electrons. The van der Waals surface area contributed by atoms with Gasteiger partial charge < -0.3 is 15.0 Å². The van der Waals surface area contributed by atoms with Gasteiger partial charge >= 0.3 is 0 Å². The highest BCUT2D eigenvalue weighted by Crippen LogP contribution is 2.21. The van der Waals surface area contributed by atoms with Gasteiger partial charge in [-0.25, -0.2) is 0 Å². The molecule has 27 heavy (non-hydrogen) atoms. The molecule has 0 atom stereocenters. The zero-order chi connectivity index (χ0) is 19.1. The summed E-state index contributed by atoms with van der Waals surface area (Å²) in [7, 11) is 3.58. The lowest BCUT2D eigenvalue weighted by Gasteiger charge is -2.29. The van der Waals surface area contributed by atoms with E-state index in [1.807, 2.05) is 36.2 Å². The lowest BCUT2D eigenvalue weighted by atomic mass is 10.1. The van der Waals surface area contributed by atoms with Crippen molar-refractivity contribution < 1.29 is 9.53 Å². The Bertz CT molecular complexity index is 739. The third-order valence-corrected chi connectivity index (χ3v) is 4.88. The molecule has 2 aromatic carbocycles. The van der Waals surface area contributed by atoms with E-state index in [2.05, 4.69) is 34.5 Å². The van der Waals surface area contributed by atoms with Crippen LogP contribution in [0.3, 0.4) is 0 Å². The Labute approximate surface area is 161 Å². The van der Waals surface area contributed by atoms with Crippen LogP contribution in [0.5, 0.6) is 5.75 Å². The molecule has 2 aromatic rings. The second-order valence-electron chi connectivity index (χ2n) is 7.17. The van der Waals surface area contributed by atoms with Gasteiger partial charge in [0.15, 0.2) is 0 Å². The van der Waals surface area contributed by atoms with Gasteiger partial charge in [0.2, 0.25) is 5.91 Å². The van der Waals surface area contributed by atoms with Gasteiger partial charge in [-0.05, 0) is 56.1 Å². The zero-order valence-corrected chi connectivity index (χ0v) is 16.3. The third-order valence-electron chi connectivity index (χ3n) is 4.88. The van der Waals surface area contributed by atoms with Gasteiger partial charge in [0.05, 0.1) is 13.7 Å². The quantitative estimate of drug-likeness (QED) is 0.809. The van der Waals surface area contributed by atoms with E-state index in [-0.39, 0.29) is 5.91 Å². The number of piperidine rings is 1. The number of methoxy groups -OCH3 is 1. The Morgan fingerprint density at radius 2 is 1.85 bits per heavy atom. The van der Waals surface area contributed by atoms with E-state index in [4.69, 9.17) is 4.74 Å². The number of nitrogens with one attached hydrogen (secondary N) is 1. The van der Waals surface area contributed by atoms with Crippen LogP contribution in [0.25, 0.3) is 0 Å². The number of benzene rings is 2. The highest BCUT2D eigenvalue weighted by Gasteiger charge is 2.12. The monoisotopic (exact) mass is 367 g/mol. The molecular formula is C22H29N3O2. The van der Waals surface area contributed by atoms with Gasteiger partial charge in [0, 0.05) is 37.1 Å². The van der Waals surface area contributed by atoms with E-state index in [0.29, 0.717) is 6.54 Å². The normalized spacial score (nSPS) is 14.3. The summed E-state index contributed by atoms with van der Waals surface area (Å²) in [6.45, 7) is 3.39. The molecule has 5 heteroatoms. The van der Waals surface area contributed by atoms with Crippen LogP contribution in [0, 0.1) is 0 Å². The summed E-state index contributed by atoms with van der Waals surface area (Å²) in [5, 5.41) is 2.92. The molecule has 0 aromatic heterocycles. The number of rotatable bonds is 7. The number of carbonyl (C=O) groups excluding carboxylic acids is 1. The molecule has 1 fully saturated rings. The van der Waals surface area contributed by atoms with Crippen molar-refractivity contribution in [3.8, 4) is 5.75 Å². The topological polar surface area (TPSA) is 44.8 Å². The number of anilines is 2. The van der Waals surface area contributed by atoms with Crippen molar-refractivity contribution in [1.29, 1.82) is 0 Å². The van der Waals surface area contributed by atoms with Crippen LogP contribution in [-0.2, 0) is 11.3 Å². The molecule has 0 saturated carbocycles. The van der Waals surface area contributed by atoms with Crippen molar-refractivity contribution in [2.24, 2.45) is 0 Å². The first-order valence-corrected chi connectivity index (χ1v) is 9.60. The number of amides is 1. The predicted octanol–water partition coefficient (Wildman–Crippen LogP) is 3.76. The minimum Gasteiger partial charge on any atom is -0.497 e. The fourth-order valence-electron chi connectivity index (χ4n) is 3.48. The molecule has 3 rings (SSSR count). The fraction of sp³-hybridized carbons (Fsp3) is 0.409. The molecule has 1 amide bonds. The Morgan fingerprint density at radius 1 is 1.11 bits per heavy atom. The van der Waals surface area contributed by atoms with E-state index >= 15 is 0 Å². The highest BCUT2D eigenvalue weighted by molar-refractivity contribution is 5.92. The summed E-state index contributed by atoms with van der Waals surface area (Å²) in [5.74, 6) is 0.700. The van der Waals surface area contributed by atoms with Crippen molar-refractivity contribution in [2.45, 2.75) is 25.8 Å². The Balaban J connectivity index is 1.49. The van der Waals surface area contributed by atoms with Gasteiger partial charge in [-0.1, -0.05) is 18.2 Å².